The molecule has 0 saturated carbocycles. The largest absolute Gasteiger partial charge is 0.504 e. The second-order valence-electron chi connectivity index (χ2n) is 8.95. The zero-order chi connectivity index (χ0) is 27.7. The Bertz CT molecular complexity index is 1170. The molecule has 0 amide bonds. The zero-order valence-electron chi connectivity index (χ0n) is 23.5. The summed E-state index contributed by atoms with van der Waals surface area (Å²) in [4.78, 5) is 0. The predicted octanol–water partition coefficient (Wildman–Crippen LogP) is 7.44. The lowest BCUT2D eigenvalue weighted by Crippen LogP contribution is -2.10. The van der Waals surface area contributed by atoms with Gasteiger partial charge in [-0.2, -0.15) is 0 Å². The number of rotatable bonds is 14. The molecule has 0 heterocycles. The third kappa shape index (κ3) is 6.57. The quantitative estimate of drug-likeness (QED) is 0.235. The normalized spacial score (nSPS) is 12.4. The second-order valence-corrected chi connectivity index (χ2v) is 8.95. The predicted molar refractivity (Wildman–Crippen MR) is 149 cm³/mol. The highest BCUT2D eigenvalue weighted by Crippen LogP contribution is 2.43. The van der Waals surface area contributed by atoms with Crippen molar-refractivity contribution in [3.63, 3.8) is 0 Å². The number of benzene rings is 3. The lowest BCUT2D eigenvalue weighted by atomic mass is 10.0. The van der Waals surface area contributed by atoms with Crippen LogP contribution in [-0.2, 0) is 6.42 Å². The van der Waals surface area contributed by atoms with Gasteiger partial charge in [-0.15, -0.1) is 0 Å². The van der Waals surface area contributed by atoms with Crippen LogP contribution < -0.4 is 28.4 Å². The van der Waals surface area contributed by atoms with Crippen LogP contribution in [-0.4, -0.2) is 33.5 Å². The van der Waals surface area contributed by atoms with E-state index in [9.17, 15) is 5.11 Å². The van der Waals surface area contributed by atoms with Gasteiger partial charge in [0.25, 0.3) is 0 Å². The molecule has 206 valence electrons. The minimum absolute atomic E-state index is 0.0897. The van der Waals surface area contributed by atoms with Crippen LogP contribution >= 0.6 is 0 Å². The molecular formula is C31H40O7. The van der Waals surface area contributed by atoms with E-state index in [1.54, 1.807) is 33.5 Å². The first-order chi connectivity index (χ1) is 18.4. The highest BCUT2D eigenvalue weighted by atomic mass is 16.5. The molecule has 7 nitrogen and oxygen atoms in total. The highest BCUT2D eigenvalue weighted by molar-refractivity contribution is 5.54. The Morgan fingerprint density at radius 2 is 1.13 bits per heavy atom. The molecule has 0 saturated heterocycles. The maximum atomic E-state index is 9.96. The first kappa shape index (κ1) is 28.8. The van der Waals surface area contributed by atoms with Gasteiger partial charge < -0.3 is 33.5 Å². The van der Waals surface area contributed by atoms with E-state index in [1.807, 2.05) is 43.3 Å². The number of methoxy groups -OCH3 is 4. The summed E-state index contributed by atoms with van der Waals surface area (Å²) in [5.74, 6) is 3.58. The molecule has 0 spiro atoms. The summed E-state index contributed by atoms with van der Waals surface area (Å²) < 4.78 is 35.2. The minimum atomic E-state index is -0.263. The maximum Gasteiger partial charge on any atom is 0.204 e. The standard InChI is InChI=1S/C31H40O7/c1-8-11-20-16-29(35-6)31(30(17-20)36-7)38-25(10-3)22-13-15-26(28(19-22)34-5)37-24(9-2)21-12-14-23(32)27(18-21)33-4/h12-19,24-25,32H,8-11H2,1-7H3. The third-order valence-corrected chi connectivity index (χ3v) is 6.47. The summed E-state index contributed by atoms with van der Waals surface area (Å²) in [6.07, 6.45) is 2.87. The molecule has 0 radical (unpaired) electrons. The topological polar surface area (TPSA) is 75.6 Å². The summed E-state index contributed by atoms with van der Waals surface area (Å²) in [5, 5.41) is 9.96. The van der Waals surface area contributed by atoms with E-state index in [-0.39, 0.29) is 18.0 Å². The zero-order valence-corrected chi connectivity index (χ0v) is 23.5. The fraction of sp³-hybridized carbons (Fsp3) is 0.419. The Labute approximate surface area is 226 Å². The van der Waals surface area contributed by atoms with E-state index in [0.29, 0.717) is 40.9 Å². The summed E-state index contributed by atoms with van der Waals surface area (Å²) in [6, 6.07) is 15.1. The molecule has 38 heavy (non-hydrogen) atoms. The van der Waals surface area contributed by atoms with Crippen LogP contribution in [0.4, 0.5) is 0 Å². The van der Waals surface area contributed by atoms with Gasteiger partial charge in [0.2, 0.25) is 5.75 Å². The molecule has 0 fully saturated rings. The molecule has 2 unspecified atom stereocenters. The number of hydrogen-bond donors (Lipinski definition) is 1. The van der Waals surface area contributed by atoms with Gasteiger partial charge in [-0.3, -0.25) is 0 Å². The molecule has 0 aliphatic carbocycles. The van der Waals surface area contributed by atoms with Crippen LogP contribution in [0.15, 0.2) is 48.5 Å². The average Bonchev–Trinajstić information content (AvgIpc) is 2.95. The second kappa shape index (κ2) is 13.7. The average molecular weight is 525 g/mol. The lowest BCUT2D eigenvalue weighted by Gasteiger charge is -2.24. The summed E-state index contributed by atoms with van der Waals surface area (Å²) >= 11 is 0. The molecule has 0 aliphatic heterocycles. The van der Waals surface area contributed by atoms with Crippen molar-refractivity contribution in [1.29, 1.82) is 0 Å². The number of phenols is 1. The van der Waals surface area contributed by atoms with Crippen molar-refractivity contribution in [1.82, 2.24) is 0 Å². The van der Waals surface area contributed by atoms with Crippen molar-refractivity contribution < 1.29 is 33.5 Å². The molecule has 3 aromatic rings. The smallest absolute Gasteiger partial charge is 0.204 e. The van der Waals surface area contributed by atoms with Gasteiger partial charge in [-0.25, -0.2) is 0 Å². The van der Waals surface area contributed by atoms with Gasteiger partial charge in [-0.1, -0.05) is 39.3 Å². The number of ether oxygens (including phenoxy) is 6. The molecule has 0 aliphatic rings. The van der Waals surface area contributed by atoms with Crippen LogP contribution in [0.25, 0.3) is 0 Å². The van der Waals surface area contributed by atoms with Gasteiger partial charge in [-0.05, 0) is 72.4 Å². The molecule has 0 aromatic heterocycles. The highest BCUT2D eigenvalue weighted by Gasteiger charge is 2.22. The Balaban J connectivity index is 1.89. The van der Waals surface area contributed by atoms with Crippen molar-refractivity contribution in [2.45, 2.75) is 58.7 Å². The van der Waals surface area contributed by atoms with E-state index < -0.39 is 0 Å². The Morgan fingerprint density at radius 1 is 0.605 bits per heavy atom. The maximum absolute atomic E-state index is 9.96. The fourth-order valence-corrected chi connectivity index (χ4v) is 4.43. The van der Waals surface area contributed by atoms with Crippen molar-refractivity contribution in [2.24, 2.45) is 0 Å². The molecule has 3 aromatic carbocycles. The Hall–Kier alpha value is -3.74. The SMILES string of the molecule is CCCc1cc(OC)c(OC(CC)c2ccc(OC(CC)c3ccc(O)c(OC)c3)c(OC)c2)c(OC)c1. The van der Waals surface area contributed by atoms with Crippen molar-refractivity contribution in [2.75, 3.05) is 28.4 Å². The molecule has 2 atom stereocenters. The molecule has 7 heteroatoms. The van der Waals surface area contributed by atoms with Gasteiger partial charge in [0.05, 0.1) is 28.4 Å². The summed E-state index contributed by atoms with van der Waals surface area (Å²) in [7, 11) is 6.43. The van der Waals surface area contributed by atoms with E-state index in [4.69, 9.17) is 28.4 Å². The van der Waals surface area contributed by atoms with E-state index in [2.05, 4.69) is 13.8 Å². The molecule has 1 N–H and O–H groups in total. The van der Waals surface area contributed by atoms with Crippen molar-refractivity contribution >= 4 is 0 Å². The van der Waals surface area contributed by atoms with Gasteiger partial charge in [0.1, 0.15) is 12.2 Å². The minimum Gasteiger partial charge on any atom is -0.504 e. The number of hydrogen-bond acceptors (Lipinski definition) is 7. The third-order valence-electron chi connectivity index (χ3n) is 6.47. The first-order valence-electron chi connectivity index (χ1n) is 13.1. The summed E-state index contributed by atoms with van der Waals surface area (Å²) in [6.45, 7) is 6.25. The van der Waals surface area contributed by atoms with Gasteiger partial charge >= 0.3 is 0 Å². The van der Waals surface area contributed by atoms with Crippen LogP contribution in [0.2, 0.25) is 0 Å². The van der Waals surface area contributed by atoms with E-state index >= 15 is 0 Å². The van der Waals surface area contributed by atoms with Gasteiger partial charge in [0.15, 0.2) is 34.5 Å². The Kier molecular flexibility index (Phi) is 10.4. The molecular weight excluding hydrogens is 484 g/mol. The van der Waals surface area contributed by atoms with E-state index in [1.165, 1.54) is 7.11 Å². The number of aryl methyl sites for hydroxylation is 1. The van der Waals surface area contributed by atoms with E-state index in [0.717, 1.165) is 36.0 Å². The van der Waals surface area contributed by atoms with Crippen molar-refractivity contribution in [3.05, 3.63) is 65.2 Å². The summed E-state index contributed by atoms with van der Waals surface area (Å²) in [5.41, 5.74) is 2.98. The van der Waals surface area contributed by atoms with Crippen LogP contribution in [0.1, 0.15) is 68.9 Å². The lowest BCUT2D eigenvalue weighted by molar-refractivity contribution is 0.180. The van der Waals surface area contributed by atoms with Crippen molar-refractivity contribution in [3.8, 4) is 40.2 Å². The number of phenolic OH excluding ortho intramolecular Hbond substituents is 1. The van der Waals surface area contributed by atoms with Crippen LogP contribution in [0.3, 0.4) is 0 Å². The molecule has 3 rings (SSSR count). The first-order valence-corrected chi connectivity index (χ1v) is 13.1. The fourth-order valence-electron chi connectivity index (χ4n) is 4.43. The Morgan fingerprint density at radius 3 is 1.66 bits per heavy atom. The number of aromatic hydroxyl groups is 1. The van der Waals surface area contributed by atoms with Gasteiger partial charge in [0, 0.05) is 0 Å². The molecule has 0 bridgehead atoms. The van der Waals surface area contributed by atoms with Crippen LogP contribution in [0, 0.1) is 0 Å². The van der Waals surface area contributed by atoms with Crippen LogP contribution in [0.5, 0.6) is 40.2 Å². The monoisotopic (exact) mass is 524 g/mol.